The van der Waals surface area contributed by atoms with E-state index in [0.717, 1.165) is 71.4 Å². The Hall–Kier alpha value is -1.51. The average molecular weight is 434 g/mol. The van der Waals surface area contributed by atoms with E-state index in [2.05, 4.69) is 59.7 Å². The van der Waals surface area contributed by atoms with E-state index in [9.17, 15) is 0 Å². The molecular weight excluding hydrogens is 390 g/mol. The zero-order chi connectivity index (χ0) is 22.7. The Morgan fingerprint density at radius 2 is 1.22 bits per heavy atom. The fourth-order valence-corrected chi connectivity index (χ4v) is 7.87. The fraction of sp³-hybridized carbons (Fsp3) is 0.759. The largest absolute Gasteiger partial charge is 0.288 e. The van der Waals surface area contributed by atoms with Crippen molar-refractivity contribution in [3.05, 3.63) is 29.6 Å². The number of fused-ring (bicyclic) bond motifs is 4. The molecule has 0 radical (unpaired) electrons. The standard InChI is InChI=1S/C29H43N3/c1-18(30-16-20-10-12-22-14-24(20)28(22,3)4)26-8-7-9-27(32-26)19(2)31-17-21-11-13-23-15-25(21)29(23,5)6/h7-9,20-25H,10-17H2,1-6H3. The molecule has 4 bridgehead atoms. The van der Waals surface area contributed by atoms with Crippen LogP contribution in [0.15, 0.2) is 28.2 Å². The Bertz CT molecular complexity index is 849. The van der Waals surface area contributed by atoms with Gasteiger partial charge in [0.05, 0.1) is 22.8 Å². The molecule has 6 fully saturated rings. The maximum atomic E-state index is 5.02. The van der Waals surface area contributed by atoms with E-state index in [0.29, 0.717) is 10.8 Å². The summed E-state index contributed by atoms with van der Waals surface area (Å²) in [7, 11) is 0. The van der Waals surface area contributed by atoms with Gasteiger partial charge in [-0.1, -0.05) is 33.8 Å². The highest BCUT2D eigenvalue weighted by Gasteiger charge is 2.54. The molecule has 3 nitrogen and oxygen atoms in total. The van der Waals surface area contributed by atoms with Gasteiger partial charge in [0, 0.05) is 13.1 Å². The first kappa shape index (κ1) is 22.3. The first-order valence-corrected chi connectivity index (χ1v) is 13.2. The van der Waals surface area contributed by atoms with Crippen LogP contribution in [0.4, 0.5) is 0 Å². The second-order valence-electron chi connectivity index (χ2n) is 12.7. The number of rotatable bonds is 6. The molecule has 3 heteroatoms. The van der Waals surface area contributed by atoms with Crippen molar-refractivity contribution in [2.45, 2.75) is 80.1 Å². The van der Waals surface area contributed by atoms with Crippen LogP contribution >= 0.6 is 0 Å². The van der Waals surface area contributed by atoms with E-state index < -0.39 is 0 Å². The first-order valence-electron chi connectivity index (χ1n) is 13.2. The number of hydrogen-bond donors (Lipinski definition) is 0. The van der Waals surface area contributed by atoms with Crippen LogP contribution in [-0.4, -0.2) is 29.5 Å². The second-order valence-corrected chi connectivity index (χ2v) is 12.7. The van der Waals surface area contributed by atoms with Gasteiger partial charge in [-0.15, -0.1) is 0 Å². The lowest BCUT2D eigenvalue weighted by atomic mass is 9.45. The van der Waals surface area contributed by atoms with Crippen LogP contribution in [0.5, 0.6) is 0 Å². The summed E-state index contributed by atoms with van der Waals surface area (Å²) in [5, 5.41) is 0. The third-order valence-electron chi connectivity index (χ3n) is 10.6. The Balaban J connectivity index is 1.23. The number of aromatic nitrogens is 1. The van der Waals surface area contributed by atoms with Crippen molar-refractivity contribution in [1.29, 1.82) is 0 Å². The summed E-state index contributed by atoms with van der Waals surface area (Å²) in [4.78, 5) is 15.0. The number of pyridine rings is 1. The van der Waals surface area contributed by atoms with E-state index in [1.54, 1.807) is 0 Å². The van der Waals surface area contributed by atoms with Gasteiger partial charge in [0.25, 0.3) is 0 Å². The van der Waals surface area contributed by atoms with Crippen LogP contribution in [-0.2, 0) is 0 Å². The van der Waals surface area contributed by atoms with E-state index in [-0.39, 0.29) is 0 Å². The minimum absolute atomic E-state index is 0.534. The van der Waals surface area contributed by atoms with Crippen molar-refractivity contribution >= 4 is 11.4 Å². The topological polar surface area (TPSA) is 37.6 Å². The Morgan fingerprint density at radius 3 is 1.59 bits per heavy atom. The SMILES string of the molecule is CC(=NCC1CCC2CC1C2(C)C)c1cccc(C(C)=NCC2CCC3CC2C3(C)C)n1. The summed E-state index contributed by atoms with van der Waals surface area (Å²) in [6, 6.07) is 6.34. The molecule has 174 valence electrons. The Kier molecular flexibility index (Phi) is 5.62. The molecule has 0 spiro atoms. The lowest BCUT2D eigenvalue weighted by molar-refractivity contribution is -0.101. The van der Waals surface area contributed by atoms with Crippen LogP contribution in [0.1, 0.15) is 91.5 Å². The molecule has 1 aromatic heterocycles. The minimum atomic E-state index is 0.534. The Morgan fingerprint density at radius 1 is 0.781 bits per heavy atom. The quantitative estimate of drug-likeness (QED) is 0.452. The molecule has 6 aliphatic carbocycles. The summed E-state index contributed by atoms with van der Waals surface area (Å²) in [6.45, 7) is 16.1. The van der Waals surface area contributed by atoms with E-state index >= 15 is 0 Å². The van der Waals surface area contributed by atoms with E-state index in [1.165, 1.54) is 38.5 Å². The summed E-state index contributed by atoms with van der Waals surface area (Å²) in [5.74, 6) is 5.15. The van der Waals surface area contributed by atoms with E-state index in [4.69, 9.17) is 15.0 Å². The van der Waals surface area contributed by atoms with Crippen molar-refractivity contribution in [2.24, 2.45) is 56.3 Å². The minimum Gasteiger partial charge on any atom is -0.288 e. The lowest BCUT2D eigenvalue weighted by Gasteiger charge is -2.60. The van der Waals surface area contributed by atoms with Gasteiger partial charge < -0.3 is 0 Å². The number of aliphatic imine (C=N–C) groups is 2. The molecule has 1 aromatic rings. The molecule has 1 heterocycles. The lowest BCUT2D eigenvalue weighted by Crippen LogP contribution is -2.53. The van der Waals surface area contributed by atoms with Crippen LogP contribution in [0.25, 0.3) is 0 Å². The number of nitrogens with zero attached hydrogens (tertiary/aromatic N) is 3. The fourth-order valence-electron chi connectivity index (χ4n) is 7.87. The normalized spacial score (nSPS) is 37.4. The number of hydrogen-bond acceptors (Lipinski definition) is 3. The summed E-state index contributed by atoms with van der Waals surface area (Å²) >= 11 is 0. The third-order valence-corrected chi connectivity index (χ3v) is 10.6. The van der Waals surface area contributed by atoms with Crippen molar-refractivity contribution in [3.8, 4) is 0 Å². The molecular formula is C29H43N3. The van der Waals surface area contributed by atoms with E-state index in [1.807, 2.05) is 0 Å². The molecule has 6 atom stereocenters. The maximum Gasteiger partial charge on any atom is 0.0845 e. The zero-order valence-electron chi connectivity index (χ0n) is 21.2. The van der Waals surface area contributed by atoms with Crippen molar-refractivity contribution in [1.82, 2.24) is 4.98 Å². The molecule has 32 heavy (non-hydrogen) atoms. The van der Waals surface area contributed by atoms with Crippen LogP contribution in [0.3, 0.4) is 0 Å². The average Bonchev–Trinajstić information content (AvgIpc) is 2.80. The molecule has 0 aliphatic heterocycles. The van der Waals surface area contributed by atoms with Gasteiger partial charge in [-0.25, -0.2) is 4.98 Å². The molecule has 0 amide bonds. The molecule has 6 unspecified atom stereocenters. The smallest absolute Gasteiger partial charge is 0.0845 e. The zero-order valence-corrected chi connectivity index (χ0v) is 21.2. The van der Waals surface area contributed by atoms with Crippen molar-refractivity contribution < 1.29 is 0 Å². The van der Waals surface area contributed by atoms with Gasteiger partial charge in [-0.05, 0) is 111 Å². The third kappa shape index (κ3) is 3.68. The van der Waals surface area contributed by atoms with Gasteiger partial charge >= 0.3 is 0 Å². The maximum absolute atomic E-state index is 5.02. The van der Waals surface area contributed by atoms with Gasteiger partial charge in [0.1, 0.15) is 0 Å². The first-order chi connectivity index (χ1) is 15.2. The molecule has 0 aromatic carbocycles. The van der Waals surface area contributed by atoms with Crippen molar-refractivity contribution in [2.75, 3.05) is 13.1 Å². The second kappa shape index (κ2) is 8.06. The summed E-state index contributed by atoms with van der Waals surface area (Å²) in [6.07, 6.45) is 8.35. The molecule has 6 aliphatic rings. The summed E-state index contributed by atoms with van der Waals surface area (Å²) < 4.78 is 0. The van der Waals surface area contributed by atoms with Crippen molar-refractivity contribution in [3.63, 3.8) is 0 Å². The van der Waals surface area contributed by atoms with Gasteiger partial charge in [0.15, 0.2) is 0 Å². The van der Waals surface area contributed by atoms with Crippen LogP contribution in [0.2, 0.25) is 0 Å². The molecule has 6 saturated carbocycles. The predicted molar refractivity (Wildman–Crippen MR) is 135 cm³/mol. The Labute approximate surface area is 195 Å². The molecule has 7 rings (SSSR count). The monoisotopic (exact) mass is 433 g/mol. The van der Waals surface area contributed by atoms with Gasteiger partial charge in [0.2, 0.25) is 0 Å². The predicted octanol–water partition coefficient (Wildman–Crippen LogP) is 6.84. The highest BCUT2D eigenvalue weighted by molar-refractivity contribution is 6.00. The van der Waals surface area contributed by atoms with Crippen LogP contribution < -0.4 is 0 Å². The van der Waals surface area contributed by atoms with Crippen LogP contribution in [0, 0.1) is 46.3 Å². The van der Waals surface area contributed by atoms with Gasteiger partial charge in [-0.2, -0.15) is 0 Å². The molecule has 0 N–H and O–H groups in total. The van der Waals surface area contributed by atoms with Gasteiger partial charge in [-0.3, -0.25) is 9.98 Å². The summed E-state index contributed by atoms with van der Waals surface area (Å²) in [5.41, 5.74) is 5.25. The molecule has 0 saturated heterocycles. The highest BCUT2D eigenvalue weighted by atomic mass is 14.8. The highest BCUT2D eigenvalue weighted by Crippen LogP contribution is 2.62.